The third-order valence-electron chi connectivity index (χ3n) is 3.68. The Hall–Kier alpha value is -1.80. The maximum Gasteiger partial charge on any atom is 0.350 e. The quantitative estimate of drug-likeness (QED) is 0.632. The minimum atomic E-state index is -0.567. The second kappa shape index (κ2) is 8.89. The van der Waals surface area contributed by atoms with E-state index in [4.69, 9.17) is 4.74 Å². The van der Waals surface area contributed by atoms with Gasteiger partial charge < -0.3 is 10.1 Å². The molecule has 7 nitrogen and oxygen atoms in total. The number of halogens is 1. The number of hydrogen-bond acceptors (Lipinski definition) is 4. The van der Waals surface area contributed by atoms with E-state index in [1.165, 1.54) is 0 Å². The van der Waals surface area contributed by atoms with Gasteiger partial charge in [-0.1, -0.05) is 22.0 Å². The molecule has 0 aromatic carbocycles. The van der Waals surface area contributed by atoms with Crippen LogP contribution in [-0.2, 0) is 14.3 Å². The number of carbonyl (C=O) groups is 3. The highest BCUT2D eigenvalue weighted by molar-refractivity contribution is 9.11. The van der Waals surface area contributed by atoms with Crippen molar-refractivity contribution < 1.29 is 19.1 Å². The Morgan fingerprint density at radius 2 is 2.17 bits per heavy atom. The van der Waals surface area contributed by atoms with E-state index >= 15 is 0 Å². The van der Waals surface area contributed by atoms with Crippen LogP contribution in [0, 0.1) is 5.92 Å². The fourth-order valence-electron chi connectivity index (χ4n) is 2.44. The summed E-state index contributed by atoms with van der Waals surface area (Å²) in [6.45, 7) is 1.33. The Morgan fingerprint density at radius 3 is 2.92 bits per heavy atom. The van der Waals surface area contributed by atoms with E-state index in [1.54, 1.807) is 25.3 Å². The van der Waals surface area contributed by atoms with E-state index < -0.39 is 11.9 Å². The predicted molar refractivity (Wildman–Crippen MR) is 92.9 cm³/mol. The van der Waals surface area contributed by atoms with Crippen molar-refractivity contribution in [3.05, 3.63) is 22.7 Å². The first-order valence-electron chi connectivity index (χ1n) is 7.78. The largest absolute Gasteiger partial charge is 0.385 e. The Morgan fingerprint density at radius 1 is 1.38 bits per heavy atom. The van der Waals surface area contributed by atoms with Gasteiger partial charge in [-0.25, -0.2) is 4.79 Å². The highest BCUT2D eigenvalue weighted by Gasteiger charge is 2.36. The van der Waals surface area contributed by atoms with Gasteiger partial charge in [0.05, 0.1) is 5.71 Å². The molecule has 4 amide bonds. The first kappa shape index (κ1) is 18.5. The Bertz CT molecular complexity index is 612. The maximum absolute atomic E-state index is 12.4. The molecule has 0 aromatic heterocycles. The highest BCUT2D eigenvalue weighted by Crippen LogP contribution is 2.24. The summed E-state index contributed by atoms with van der Waals surface area (Å²) in [6, 6.07) is -0.567. The van der Waals surface area contributed by atoms with Crippen LogP contribution in [0.5, 0.6) is 0 Å². The third kappa shape index (κ3) is 4.85. The lowest BCUT2D eigenvalue weighted by Crippen LogP contribution is -2.46. The Labute approximate surface area is 148 Å². The van der Waals surface area contributed by atoms with E-state index in [1.807, 2.05) is 0 Å². The van der Waals surface area contributed by atoms with E-state index in [0.29, 0.717) is 25.3 Å². The normalized spacial score (nSPS) is 19.8. The topological polar surface area (TPSA) is 88.1 Å². The molecule has 1 N–H and O–H groups in total. The van der Waals surface area contributed by atoms with Crippen LogP contribution in [0.1, 0.15) is 19.3 Å². The molecule has 1 aliphatic heterocycles. The van der Waals surface area contributed by atoms with Gasteiger partial charge >= 0.3 is 6.03 Å². The van der Waals surface area contributed by atoms with Gasteiger partial charge in [-0.05, 0) is 25.0 Å². The summed E-state index contributed by atoms with van der Waals surface area (Å²) < 4.78 is 5.68. The van der Waals surface area contributed by atoms with Crippen molar-refractivity contribution in [3.8, 4) is 0 Å². The van der Waals surface area contributed by atoms with Crippen molar-refractivity contribution in [3.63, 3.8) is 0 Å². The number of nitrogens with one attached hydrogen (secondary N) is 1. The van der Waals surface area contributed by atoms with Crippen LogP contribution in [0.3, 0.4) is 0 Å². The van der Waals surface area contributed by atoms with Gasteiger partial charge in [0, 0.05) is 37.7 Å². The third-order valence-corrected chi connectivity index (χ3v) is 4.21. The summed E-state index contributed by atoms with van der Waals surface area (Å²) in [7, 11) is 1.61. The van der Waals surface area contributed by atoms with Crippen LogP contribution >= 0.6 is 15.9 Å². The smallest absolute Gasteiger partial charge is 0.350 e. The molecular formula is C16H20BrN3O4. The molecule has 8 heteroatoms. The number of fused-ring (bicyclic) bond motifs is 1. The van der Waals surface area contributed by atoms with Crippen molar-refractivity contribution in [2.45, 2.75) is 19.3 Å². The van der Waals surface area contributed by atoms with Crippen LogP contribution in [0.25, 0.3) is 0 Å². The monoisotopic (exact) mass is 397 g/mol. The molecule has 1 aliphatic carbocycles. The van der Waals surface area contributed by atoms with Crippen LogP contribution in [0.4, 0.5) is 4.79 Å². The zero-order chi connectivity index (χ0) is 17.5. The SMILES string of the molecule is COCCCNC(=O)CCCN1C(=O)N=C2C=CC(Br)=CC2C1=O. The first-order valence-corrected chi connectivity index (χ1v) is 8.57. The maximum atomic E-state index is 12.4. The van der Waals surface area contributed by atoms with Gasteiger partial charge in [0.1, 0.15) is 5.92 Å². The summed E-state index contributed by atoms with van der Waals surface area (Å²) in [6.07, 6.45) is 6.55. The number of methoxy groups -OCH3 is 1. The van der Waals surface area contributed by atoms with Crippen LogP contribution in [0.15, 0.2) is 27.7 Å². The molecule has 0 saturated heterocycles. The molecule has 0 radical (unpaired) electrons. The first-order chi connectivity index (χ1) is 11.5. The molecule has 0 bridgehead atoms. The van der Waals surface area contributed by atoms with E-state index in [2.05, 4.69) is 26.2 Å². The highest BCUT2D eigenvalue weighted by atomic mass is 79.9. The number of amides is 4. The van der Waals surface area contributed by atoms with Crippen molar-refractivity contribution >= 4 is 39.5 Å². The number of aliphatic imine (C=N–C) groups is 1. The standard InChI is InChI=1S/C16H20BrN3O4/c1-24-9-3-7-18-14(21)4-2-8-20-15(22)12-10-11(17)5-6-13(12)19-16(20)23/h5-6,10,12H,2-4,7-9H2,1H3,(H,18,21). The lowest BCUT2D eigenvalue weighted by molar-refractivity contribution is -0.130. The zero-order valence-electron chi connectivity index (χ0n) is 13.5. The average molecular weight is 398 g/mol. The number of imide groups is 1. The summed E-state index contributed by atoms with van der Waals surface area (Å²) in [5.41, 5.74) is 0.459. The minimum absolute atomic E-state index is 0.101. The molecular weight excluding hydrogens is 378 g/mol. The average Bonchev–Trinajstić information content (AvgIpc) is 2.55. The van der Waals surface area contributed by atoms with Crippen molar-refractivity contribution in [2.24, 2.45) is 10.9 Å². The van der Waals surface area contributed by atoms with Gasteiger partial charge in [0.15, 0.2) is 0 Å². The summed E-state index contributed by atoms with van der Waals surface area (Å²) in [5, 5.41) is 2.77. The van der Waals surface area contributed by atoms with Crippen molar-refractivity contribution in [1.29, 1.82) is 0 Å². The van der Waals surface area contributed by atoms with Crippen molar-refractivity contribution in [2.75, 3.05) is 26.8 Å². The summed E-state index contributed by atoms with van der Waals surface area (Å²) in [5.74, 6) is -0.938. The molecule has 1 unspecified atom stereocenters. The van der Waals surface area contributed by atoms with Gasteiger partial charge in [0.25, 0.3) is 0 Å². The fourth-order valence-corrected chi connectivity index (χ4v) is 2.84. The van der Waals surface area contributed by atoms with Crippen LogP contribution in [0.2, 0.25) is 0 Å². The van der Waals surface area contributed by atoms with E-state index in [0.717, 1.165) is 15.8 Å². The van der Waals surface area contributed by atoms with Crippen LogP contribution < -0.4 is 5.32 Å². The van der Waals surface area contributed by atoms with Gasteiger partial charge in [-0.2, -0.15) is 4.99 Å². The summed E-state index contributed by atoms with van der Waals surface area (Å²) in [4.78, 5) is 41.2. The molecule has 0 aromatic rings. The molecule has 1 heterocycles. The number of allylic oxidation sites excluding steroid dienone is 3. The summed E-state index contributed by atoms with van der Waals surface area (Å²) >= 11 is 3.32. The molecule has 2 aliphatic rings. The Kier molecular flexibility index (Phi) is 6.86. The van der Waals surface area contributed by atoms with Gasteiger partial charge in [-0.3, -0.25) is 14.5 Å². The van der Waals surface area contributed by atoms with E-state index in [-0.39, 0.29) is 24.8 Å². The minimum Gasteiger partial charge on any atom is -0.385 e. The number of carbonyl (C=O) groups excluding carboxylic acids is 3. The number of rotatable bonds is 8. The molecule has 2 rings (SSSR count). The van der Waals surface area contributed by atoms with Gasteiger partial charge in [0.2, 0.25) is 11.8 Å². The zero-order valence-corrected chi connectivity index (χ0v) is 15.0. The molecule has 130 valence electrons. The number of hydrogen-bond donors (Lipinski definition) is 1. The fraction of sp³-hybridized carbons (Fsp3) is 0.500. The molecule has 0 spiro atoms. The predicted octanol–water partition coefficient (Wildman–Crippen LogP) is 1.79. The molecule has 0 fully saturated rings. The second-order valence-corrected chi connectivity index (χ2v) is 6.39. The second-order valence-electron chi connectivity index (χ2n) is 5.47. The number of nitrogens with zero attached hydrogens (tertiary/aromatic N) is 2. The van der Waals surface area contributed by atoms with Gasteiger partial charge in [-0.15, -0.1) is 0 Å². The van der Waals surface area contributed by atoms with Crippen molar-refractivity contribution in [1.82, 2.24) is 10.2 Å². The van der Waals surface area contributed by atoms with Crippen LogP contribution in [-0.4, -0.2) is 55.3 Å². The lowest BCUT2D eigenvalue weighted by Gasteiger charge is -2.28. The lowest BCUT2D eigenvalue weighted by atomic mass is 9.95. The number of ether oxygens (including phenoxy) is 1. The molecule has 1 atom stereocenters. The number of urea groups is 1. The Balaban J connectivity index is 1.82. The molecule has 24 heavy (non-hydrogen) atoms. The van der Waals surface area contributed by atoms with E-state index in [9.17, 15) is 14.4 Å². The molecule has 0 saturated carbocycles.